The third-order valence-corrected chi connectivity index (χ3v) is 3.26. The highest BCUT2D eigenvalue weighted by Crippen LogP contribution is 2.45. The van der Waals surface area contributed by atoms with E-state index >= 15 is 0 Å². The molecule has 0 amide bonds. The van der Waals surface area contributed by atoms with Gasteiger partial charge in [-0.2, -0.15) is 0 Å². The minimum absolute atomic E-state index is 0.319. The predicted molar refractivity (Wildman–Crippen MR) is 57.7 cm³/mol. The Kier molecular flexibility index (Phi) is 2.23. The number of aryl methyl sites for hydroxylation is 1. The molecule has 0 heterocycles. The first-order chi connectivity index (χ1) is 6.65. The third-order valence-electron chi connectivity index (χ3n) is 3.26. The topological polar surface area (TPSA) is 32.3 Å². The van der Waals surface area contributed by atoms with Crippen LogP contribution in [0.3, 0.4) is 0 Å². The van der Waals surface area contributed by atoms with Crippen molar-refractivity contribution in [3.63, 3.8) is 0 Å². The molecule has 2 atom stereocenters. The molecule has 0 spiro atoms. The highest BCUT2D eigenvalue weighted by atomic mass is 16.3. The first-order valence-electron chi connectivity index (χ1n) is 5.14. The zero-order chi connectivity index (χ0) is 10.3. The standard InChI is InChI=1S/C12H17NO/c1-7-4-5-10(14)12-9(13-3)6-8(2)11(7)12/h4-5,8-9,13-14H,6H2,1-3H3. The summed E-state index contributed by atoms with van der Waals surface area (Å²) in [7, 11) is 1.95. The molecule has 0 aromatic heterocycles. The lowest BCUT2D eigenvalue weighted by Crippen LogP contribution is -2.13. The van der Waals surface area contributed by atoms with Gasteiger partial charge < -0.3 is 10.4 Å². The molecule has 0 bridgehead atoms. The van der Waals surface area contributed by atoms with Crippen molar-refractivity contribution in [2.45, 2.75) is 32.2 Å². The van der Waals surface area contributed by atoms with E-state index in [0.717, 1.165) is 12.0 Å². The zero-order valence-electron chi connectivity index (χ0n) is 8.96. The van der Waals surface area contributed by atoms with E-state index in [0.29, 0.717) is 17.7 Å². The summed E-state index contributed by atoms with van der Waals surface area (Å²) in [4.78, 5) is 0. The van der Waals surface area contributed by atoms with Gasteiger partial charge in [-0.15, -0.1) is 0 Å². The van der Waals surface area contributed by atoms with Crippen molar-refractivity contribution in [3.05, 3.63) is 28.8 Å². The maximum atomic E-state index is 9.84. The van der Waals surface area contributed by atoms with Crippen LogP contribution in [0.25, 0.3) is 0 Å². The SMILES string of the molecule is CNC1CC(C)c2c(C)ccc(O)c21. The molecule has 2 unspecified atom stereocenters. The Balaban J connectivity index is 2.60. The number of benzene rings is 1. The van der Waals surface area contributed by atoms with E-state index in [1.807, 2.05) is 13.1 Å². The summed E-state index contributed by atoms with van der Waals surface area (Å²) in [5.74, 6) is 0.990. The average Bonchev–Trinajstić information content (AvgIpc) is 2.50. The molecule has 1 aromatic carbocycles. The van der Waals surface area contributed by atoms with E-state index in [1.54, 1.807) is 6.07 Å². The molecule has 2 heteroatoms. The van der Waals surface area contributed by atoms with Gasteiger partial charge in [0, 0.05) is 11.6 Å². The Labute approximate surface area is 85.0 Å². The second-order valence-electron chi connectivity index (χ2n) is 4.21. The van der Waals surface area contributed by atoms with Crippen LogP contribution in [0.5, 0.6) is 5.75 Å². The molecule has 1 aliphatic rings. The summed E-state index contributed by atoms with van der Waals surface area (Å²) in [5, 5.41) is 13.1. The number of fused-ring (bicyclic) bond motifs is 1. The lowest BCUT2D eigenvalue weighted by atomic mass is 9.97. The van der Waals surface area contributed by atoms with Crippen LogP contribution < -0.4 is 5.32 Å². The monoisotopic (exact) mass is 191 g/mol. The Morgan fingerprint density at radius 3 is 2.71 bits per heavy atom. The summed E-state index contributed by atoms with van der Waals surface area (Å²) in [6.45, 7) is 4.34. The normalized spacial score (nSPS) is 25.1. The largest absolute Gasteiger partial charge is 0.508 e. The number of nitrogens with one attached hydrogen (secondary N) is 1. The summed E-state index contributed by atoms with van der Waals surface area (Å²) >= 11 is 0. The number of phenolic OH excluding ortho intramolecular Hbond substituents is 1. The minimum atomic E-state index is 0.319. The Morgan fingerprint density at radius 1 is 1.36 bits per heavy atom. The molecule has 0 saturated heterocycles. The van der Waals surface area contributed by atoms with Crippen molar-refractivity contribution >= 4 is 0 Å². The molecule has 0 saturated carbocycles. The lowest BCUT2D eigenvalue weighted by molar-refractivity contribution is 0.454. The molecule has 2 N–H and O–H groups in total. The highest BCUT2D eigenvalue weighted by molar-refractivity contribution is 5.50. The second-order valence-corrected chi connectivity index (χ2v) is 4.21. The van der Waals surface area contributed by atoms with Crippen LogP contribution in [0, 0.1) is 6.92 Å². The lowest BCUT2D eigenvalue weighted by Gasteiger charge is -2.12. The van der Waals surface area contributed by atoms with E-state index in [2.05, 4.69) is 19.2 Å². The van der Waals surface area contributed by atoms with Crippen molar-refractivity contribution in [2.24, 2.45) is 0 Å². The van der Waals surface area contributed by atoms with E-state index in [9.17, 15) is 5.11 Å². The van der Waals surface area contributed by atoms with Gasteiger partial charge in [-0.1, -0.05) is 13.0 Å². The summed E-state index contributed by atoms with van der Waals surface area (Å²) in [5.41, 5.74) is 3.74. The fourth-order valence-electron chi connectivity index (χ4n) is 2.61. The van der Waals surface area contributed by atoms with Gasteiger partial charge in [-0.05, 0) is 43.5 Å². The van der Waals surface area contributed by atoms with Crippen molar-refractivity contribution in [3.8, 4) is 5.75 Å². The third kappa shape index (κ3) is 1.22. The summed E-state index contributed by atoms with van der Waals surface area (Å²) in [6.07, 6.45) is 1.09. The van der Waals surface area contributed by atoms with E-state index in [1.165, 1.54) is 11.1 Å². The van der Waals surface area contributed by atoms with Gasteiger partial charge in [0.05, 0.1) is 0 Å². The first kappa shape index (κ1) is 9.53. The highest BCUT2D eigenvalue weighted by Gasteiger charge is 2.30. The maximum absolute atomic E-state index is 9.84. The summed E-state index contributed by atoms with van der Waals surface area (Å²) < 4.78 is 0. The van der Waals surface area contributed by atoms with E-state index < -0.39 is 0 Å². The van der Waals surface area contributed by atoms with Crippen LogP contribution >= 0.6 is 0 Å². The number of rotatable bonds is 1. The van der Waals surface area contributed by atoms with Crippen molar-refractivity contribution < 1.29 is 5.11 Å². The van der Waals surface area contributed by atoms with Gasteiger partial charge in [-0.3, -0.25) is 0 Å². The number of hydrogen-bond donors (Lipinski definition) is 2. The van der Waals surface area contributed by atoms with Crippen LogP contribution in [-0.4, -0.2) is 12.2 Å². The minimum Gasteiger partial charge on any atom is -0.508 e. The van der Waals surface area contributed by atoms with Crippen LogP contribution in [-0.2, 0) is 0 Å². The van der Waals surface area contributed by atoms with Gasteiger partial charge in [0.1, 0.15) is 5.75 Å². The second kappa shape index (κ2) is 3.28. The maximum Gasteiger partial charge on any atom is 0.120 e. The molecule has 14 heavy (non-hydrogen) atoms. The summed E-state index contributed by atoms with van der Waals surface area (Å²) in [6, 6.07) is 4.12. The van der Waals surface area contributed by atoms with Crippen LogP contribution in [0.4, 0.5) is 0 Å². The molecule has 2 rings (SSSR count). The van der Waals surface area contributed by atoms with Gasteiger partial charge >= 0.3 is 0 Å². The predicted octanol–water partition coefficient (Wildman–Crippen LogP) is 2.47. The molecular weight excluding hydrogens is 174 g/mol. The van der Waals surface area contributed by atoms with Gasteiger partial charge in [0.25, 0.3) is 0 Å². The smallest absolute Gasteiger partial charge is 0.120 e. The number of aromatic hydroxyl groups is 1. The van der Waals surface area contributed by atoms with Gasteiger partial charge in [0.15, 0.2) is 0 Å². The number of hydrogen-bond acceptors (Lipinski definition) is 2. The Bertz CT molecular complexity index is 360. The van der Waals surface area contributed by atoms with E-state index in [-0.39, 0.29) is 0 Å². The fourth-order valence-corrected chi connectivity index (χ4v) is 2.61. The molecule has 0 aliphatic heterocycles. The van der Waals surface area contributed by atoms with Crippen molar-refractivity contribution in [1.82, 2.24) is 5.32 Å². The van der Waals surface area contributed by atoms with Crippen LogP contribution in [0.2, 0.25) is 0 Å². The number of phenols is 1. The molecule has 1 aromatic rings. The molecule has 0 fully saturated rings. The molecule has 2 nitrogen and oxygen atoms in total. The van der Waals surface area contributed by atoms with Gasteiger partial charge in [-0.25, -0.2) is 0 Å². The molecule has 76 valence electrons. The first-order valence-corrected chi connectivity index (χ1v) is 5.14. The average molecular weight is 191 g/mol. The zero-order valence-corrected chi connectivity index (χ0v) is 8.96. The molecule has 1 aliphatic carbocycles. The molecular formula is C12H17NO. The van der Waals surface area contributed by atoms with Crippen LogP contribution in [0.15, 0.2) is 12.1 Å². The molecule has 0 radical (unpaired) electrons. The Morgan fingerprint density at radius 2 is 2.07 bits per heavy atom. The van der Waals surface area contributed by atoms with Crippen LogP contribution in [0.1, 0.15) is 42.0 Å². The Hall–Kier alpha value is -1.02. The quantitative estimate of drug-likeness (QED) is 0.714. The van der Waals surface area contributed by atoms with Gasteiger partial charge in [0.2, 0.25) is 0 Å². The van der Waals surface area contributed by atoms with E-state index in [4.69, 9.17) is 0 Å². The fraction of sp³-hybridized carbons (Fsp3) is 0.500. The van der Waals surface area contributed by atoms with Crippen molar-refractivity contribution in [1.29, 1.82) is 0 Å². The van der Waals surface area contributed by atoms with Crippen molar-refractivity contribution in [2.75, 3.05) is 7.05 Å².